The maximum Gasteiger partial charge on any atom is 0.411 e. The molecule has 0 radical (unpaired) electrons. The van der Waals surface area contributed by atoms with Gasteiger partial charge in [0.2, 0.25) is 0 Å². The molecule has 9 heavy (non-hydrogen) atoms. The van der Waals surface area contributed by atoms with Gasteiger partial charge in [0.25, 0.3) is 0 Å². The van der Waals surface area contributed by atoms with Gasteiger partial charge in [0.15, 0.2) is 11.2 Å². The van der Waals surface area contributed by atoms with Crippen molar-refractivity contribution in [3.63, 3.8) is 0 Å². The standard InChI is InChI=1S/C4H4ClF3O/c1-2(9)3(5)4(6,7)8/h3H,1H3. The minimum Gasteiger partial charge on any atom is -0.298 e. The Morgan fingerprint density at radius 1 is 1.56 bits per heavy atom. The number of hydrogen-bond acceptors (Lipinski definition) is 1. The zero-order valence-corrected chi connectivity index (χ0v) is 5.25. The first-order valence-electron chi connectivity index (χ1n) is 2.07. The fourth-order valence-electron chi connectivity index (χ4n) is 0.230. The summed E-state index contributed by atoms with van der Waals surface area (Å²) >= 11 is 4.62. The number of alkyl halides is 4. The van der Waals surface area contributed by atoms with E-state index in [9.17, 15) is 18.0 Å². The van der Waals surface area contributed by atoms with Gasteiger partial charge in [-0.15, -0.1) is 11.6 Å². The van der Waals surface area contributed by atoms with Gasteiger partial charge in [-0.25, -0.2) is 0 Å². The third-order valence-corrected chi connectivity index (χ3v) is 1.20. The topological polar surface area (TPSA) is 17.1 Å². The summed E-state index contributed by atoms with van der Waals surface area (Å²) in [4.78, 5) is 9.94. The molecule has 1 nitrogen and oxygen atoms in total. The molecule has 0 aliphatic rings. The minimum absolute atomic E-state index is 0.797. The first-order chi connectivity index (χ1) is 3.85. The van der Waals surface area contributed by atoms with Crippen molar-refractivity contribution < 1.29 is 18.0 Å². The Hall–Kier alpha value is -0.250. The van der Waals surface area contributed by atoms with Crippen LogP contribution in [-0.2, 0) is 4.79 Å². The average molecular weight is 161 g/mol. The molecule has 0 heterocycles. The molecular weight excluding hydrogens is 156 g/mol. The van der Waals surface area contributed by atoms with Crippen LogP contribution in [0.4, 0.5) is 13.2 Å². The average Bonchev–Trinajstić information content (AvgIpc) is 1.62. The molecule has 0 saturated carbocycles. The molecule has 1 atom stereocenters. The lowest BCUT2D eigenvalue weighted by atomic mass is 10.3. The molecule has 0 aromatic rings. The molecule has 0 aromatic heterocycles. The lowest BCUT2D eigenvalue weighted by Crippen LogP contribution is -2.29. The Bertz CT molecular complexity index is 119. The molecule has 54 valence electrons. The van der Waals surface area contributed by atoms with Gasteiger partial charge in [0.05, 0.1) is 0 Å². The highest BCUT2D eigenvalue weighted by Crippen LogP contribution is 2.24. The van der Waals surface area contributed by atoms with Crippen molar-refractivity contribution in [1.29, 1.82) is 0 Å². The van der Waals surface area contributed by atoms with Gasteiger partial charge < -0.3 is 0 Å². The van der Waals surface area contributed by atoms with Crippen molar-refractivity contribution in [2.75, 3.05) is 0 Å². The van der Waals surface area contributed by atoms with Crippen molar-refractivity contribution in [3.8, 4) is 0 Å². The zero-order chi connectivity index (χ0) is 7.65. The number of ketones is 1. The van der Waals surface area contributed by atoms with E-state index in [4.69, 9.17) is 0 Å². The van der Waals surface area contributed by atoms with Gasteiger partial charge >= 0.3 is 6.18 Å². The molecule has 0 aromatic carbocycles. The highest BCUT2D eigenvalue weighted by molar-refractivity contribution is 6.31. The Labute approximate surface area is 54.8 Å². The van der Waals surface area contributed by atoms with E-state index in [2.05, 4.69) is 11.6 Å². The van der Waals surface area contributed by atoms with Crippen LogP contribution in [0, 0.1) is 0 Å². The summed E-state index contributed by atoms with van der Waals surface area (Å²) in [5, 5.41) is -2.35. The van der Waals surface area contributed by atoms with Gasteiger partial charge in [0.1, 0.15) is 0 Å². The van der Waals surface area contributed by atoms with Crippen LogP contribution in [0.5, 0.6) is 0 Å². The number of carbonyl (C=O) groups is 1. The van der Waals surface area contributed by atoms with E-state index in [0.29, 0.717) is 0 Å². The maximum atomic E-state index is 11.3. The molecule has 0 fully saturated rings. The molecule has 0 aliphatic carbocycles. The third-order valence-electron chi connectivity index (χ3n) is 0.644. The molecule has 0 amide bonds. The second-order valence-corrected chi connectivity index (χ2v) is 1.95. The second-order valence-electron chi connectivity index (χ2n) is 1.51. The predicted molar refractivity (Wildman–Crippen MR) is 26.4 cm³/mol. The van der Waals surface area contributed by atoms with Gasteiger partial charge in [-0.2, -0.15) is 13.2 Å². The number of carbonyl (C=O) groups excluding carboxylic acids is 1. The van der Waals surface area contributed by atoms with Crippen molar-refractivity contribution in [2.45, 2.75) is 18.5 Å². The quantitative estimate of drug-likeness (QED) is 0.534. The zero-order valence-electron chi connectivity index (χ0n) is 4.50. The van der Waals surface area contributed by atoms with Crippen LogP contribution in [-0.4, -0.2) is 17.3 Å². The van der Waals surface area contributed by atoms with E-state index in [1.165, 1.54) is 0 Å². The molecule has 0 N–H and O–H groups in total. The first kappa shape index (κ1) is 8.75. The van der Waals surface area contributed by atoms with Crippen LogP contribution >= 0.6 is 11.6 Å². The van der Waals surface area contributed by atoms with E-state index in [-0.39, 0.29) is 0 Å². The summed E-state index contributed by atoms with van der Waals surface area (Å²) < 4.78 is 34.0. The van der Waals surface area contributed by atoms with Crippen molar-refractivity contribution >= 4 is 17.4 Å². The molecule has 1 unspecified atom stereocenters. The van der Waals surface area contributed by atoms with Crippen LogP contribution < -0.4 is 0 Å². The highest BCUT2D eigenvalue weighted by atomic mass is 35.5. The number of rotatable bonds is 1. The van der Waals surface area contributed by atoms with Crippen molar-refractivity contribution in [2.24, 2.45) is 0 Å². The Morgan fingerprint density at radius 2 is 1.89 bits per heavy atom. The monoisotopic (exact) mass is 160 g/mol. The van der Waals surface area contributed by atoms with Crippen molar-refractivity contribution in [1.82, 2.24) is 0 Å². The number of halogens is 4. The molecular formula is C4H4ClF3O. The summed E-state index contributed by atoms with van der Waals surface area (Å²) in [5.74, 6) is -1.08. The largest absolute Gasteiger partial charge is 0.411 e. The molecule has 0 spiro atoms. The Balaban J connectivity index is 4.04. The fourth-order valence-corrected chi connectivity index (χ4v) is 0.230. The van der Waals surface area contributed by atoms with Crippen molar-refractivity contribution in [3.05, 3.63) is 0 Å². The first-order valence-corrected chi connectivity index (χ1v) is 2.50. The van der Waals surface area contributed by atoms with Crippen LogP contribution in [0.1, 0.15) is 6.92 Å². The summed E-state index contributed by atoms with van der Waals surface area (Å²) in [6.07, 6.45) is -4.60. The maximum absolute atomic E-state index is 11.3. The molecule has 5 heteroatoms. The van der Waals surface area contributed by atoms with Crippen LogP contribution in [0.15, 0.2) is 0 Å². The minimum atomic E-state index is -4.60. The second kappa shape index (κ2) is 2.56. The number of Topliss-reactive ketones (excluding diaryl/α,β-unsaturated/α-hetero) is 1. The molecule has 0 aliphatic heterocycles. The van der Waals surface area contributed by atoms with Crippen LogP contribution in [0.3, 0.4) is 0 Å². The van der Waals surface area contributed by atoms with E-state index < -0.39 is 17.3 Å². The smallest absolute Gasteiger partial charge is 0.298 e. The molecule has 0 saturated heterocycles. The SMILES string of the molecule is CC(=O)C(Cl)C(F)(F)F. The highest BCUT2D eigenvalue weighted by Gasteiger charge is 2.41. The van der Waals surface area contributed by atoms with Gasteiger partial charge in [-0.3, -0.25) is 4.79 Å². The van der Waals surface area contributed by atoms with Gasteiger partial charge in [-0.1, -0.05) is 0 Å². The van der Waals surface area contributed by atoms with E-state index >= 15 is 0 Å². The van der Waals surface area contributed by atoms with Gasteiger partial charge in [-0.05, 0) is 6.92 Å². The summed E-state index contributed by atoms with van der Waals surface area (Å²) in [7, 11) is 0. The predicted octanol–water partition coefficient (Wildman–Crippen LogP) is 1.75. The Kier molecular flexibility index (Phi) is 2.49. The van der Waals surface area contributed by atoms with E-state index in [0.717, 1.165) is 6.92 Å². The summed E-state index contributed by atoms with van der Waals surface area (Å²) in [6, 6.07) is 0. The third kappa shape index (κ3) is 2.70. The normalized spacial score (nSPS) is 15.2. The lowest BCUT2D eigenvalue weighted by Gasteiger charge is -2.08. The Morgan fingerprint density at radius 3 is 1.89 bits per heavy atom. The molecule has 0 bridgehead atoms. The van der Waals surface area contributed by atoms with Crippen LogP contribution in [0.2, 0.25) is 0 Å². The fraction of sp³-hybridized carbons (Fsp3) is 0.750. The van der Waals surface area contributed by atoms with E-state index in [1.54, 1.807) is 0 Å². The summed E-state index contributed by atoms with van der Waals surface area (Å²) in [6.45, 7) is 0.797. The lowest BCUT2D eigenvalue weighted by molar-refractivity contribution is -0.148. The number of hydrogen-bond donors (Lipinski definition) is 0. The van der Waals surface area contributed by atoms with Gasteiger partial charge in [0, 0.05) is 0 Å². The van der Waals surface area contributed by atoms with E-state index in [1.807, 2.05) is 0 Å². The molecule has 0 rings (SSSR count). The van der Waals surface area contributed by atoms with Crippen LogP contribution in [0.25, 0.3) is 0 Å². The summed E-state index contributed by atoms with van der Waals surface area (Å²) in [5.41, 5.74) is 0.